The van der Waals surface area contributed by atoms with Gasteiger partial charge in [0.05, 0.1) is 35.5 Å². The van der Waals surface area contributed by atoms with Gasteiger partial charge in [0, 0.05) is 5.69 Å². The number of hydrogen-bond donors (Lipinski definition) is 0. The predicted molar refractivity (Wildman–Crippen MR) is 87.2 cm³/mol. The molecule has 3 rings (SSSR count). The fraction of sp³-hybridized carbons (Fsp3) is 0.353. The molecule has 3 aromatic rings. The molecule has 5 nitrogen and oxygen atoms in total. The second-order valence-electron chi connectivity index (χ2n) is 5.89. The number of rotatable bonds is 3. The van der Waals surface area contributed by atoms with Gasteiger partial charge in [-0.2, -0.15) is 5.10 Å². The number of aromatic nitrogens is 4. The van der Waals surface area contributed by atoms with Crippen LogP contribution in [0.25, 0.3) is 10.9 Å². The standard InChI is InChI=1S/C17H20N4O/c1-11-6-5-7-15-16(11)18-10-20(17(15)22)14(4)9-21-13(3)8-12(2)19-21/h5-8,10,14H,9H2,1-4H3. The molecule has 0 aliphatic heterocycles. The molecule has 1 aromatic carbocycles. The highest BCUT2D eigenvalue weighted by atomic mass is 16.1. The molecule has 114 valence electrons. The summed E-state index contributed by atoms with van der Waals surface area (Å²) in [6, 6.07) is 7.74. The van der Waals surface area contributed by atoms with Gasteiger partial charge in [-0.15, -0.1) is 0 Å². The van der Waals surface area contributed by atoms with Gasteiger partial charge in [0.2, 0.25) is 0 Å². The Labute approximate surface area is 129 Å². The quantitative estimate of drug-likeness (QED) is 0.747. The van der Waals surface area contributed by atoms with E-state index in [0.717, 1.165) is 22.5 Å². The number of fused-ring (bicyclic) bond motifs is 1. The number of hydrogen-bond acceptors (Lipinski definition) is 3. The van der Waals surface area contributed by atoms with Crippen LogP contribution in [0.1, 0.15) is 29.9 Å². The molecule has 0 aliphatic carbocycles. The lowest BCUT2D eigenvalue weighted by Crippen LogP contribution is -2.27. The van der Waals surface area contributed by atoms with Crippen molar-refractivity contribution in [2.45, 2.75) is 40.3 Å². The number of para-hydroxylation sites is 1. The molecule has 22 heavy (non-hydrogen) atoms. The van der Waals surface area contributed by atoms with Gasteiger partial charge in [0.15, 0.2) is 0 Å². The Balaban J connectivity index is 2.01. The summed E-state index contributed by atoms with van der Waals surface area (Å²) < 4.78 is 3.63. The first kappa shape index (κ1) is 14.5. The Bertz CT molecular complexity index is 891. The van der Waals surface area contributed by atoms with Gasteiger partial charge in [0.25, 0.3) is 5.56 Å². The molecule has 0 saturated heterocycles. The lowest BCUT2D eigenvalue weighted by atomic mass is 10.1. The van der Waals surface area contributed by atoms with Crippen molar-refractivity contribution in [1.82, 2.24) is 19.3 Å². The van der Waals surface area contributed by atoms with Gasteiger partial charge in [-0.05, 0) is 45.4 Å². The molecule has 0 amide bonds. The molecular weight excluding hydrogens is 276 g/mol. The lowest BCUT2D eigenvalue weighted by molar-refractivity contribution is 0.419. The average molecular weight is 296 g/mol. The van der Waals surface area contributed by atoms with Crippen LogP contribution in [0.15, 0.2) is 35.4 Å². The molecule has 0 saturated carbocycles. The van der Waals surface area contributed by atoms with Crippen molar-refractivity contribution in [3.05, 3.63) is 57.9 Å². The third-order valence-corrected chi connectivity index (χ3v) is 4.03. The maximum Gasteiger partial charge on any atom is 0.261 e. The number of benzene rings is 1. The van der Waals surface area contributed by atoms with Crippen LogP contribution < -0.4 is 5.56 Å². The van der Waals surface area contributed by atoms with Crippen molar-refractivity contribution >= 4 is 10.9 Å². The van der Waals surface area contributed by atoms with Crippen LogP contribution >= 0.6 is 0 Å². The Hall–Kier alpha value is -2.43. The second kappa shape index (κ2) is 5.40. The van der Waals surface area contributed by atoms with Gasteiger partial charge in [-0.3, -0.25) is 14.0 Å². The highest BCUT2D eigenvalue weighted by molar-refractivity contribution is 5.80. The normalized spacial score (nSPS) is 12.7. The Morgan fingerprint density at radius 3 is 2.68 bits per heavy atom. The van der Waals surface area contributed by atoms with Crippen molar-refractivity contribution in [2.24, 2.45) is 0 Å². The van der Waals surface area contributed by atoms with E-state index in [9.17, 15) is 4.79 Å². The molecule has 2 heterocycles. The zero-order chi connectivity index (χ0) is 15.9. The molecule has 0 fully saturated rings. The highest BCUT2D eigenvalue weighted by Crippen LogP contribution is 2.14. The van der Waals surface area contributed by atoms with E-state index in [2.05, 4.69) is 10.1 Å². The summed E-state index contributed by atoms with van der Waals surface area (Å²) in [5.74, 6) is 0. The number of aryl methyl sites for hydroxylation is 3. The van der Waals surface area contributed by atoms with E-state index in [4.69, 9.17) is 0 Å². The zero-order valence-corrected chi connectivity index (χ0v) is 13.4. The molecule has 1 atom stereocenters. The van der Waals surface area contributed by atoms with Crippen molar-refractivity contribution in [1.29, 1.82) is 0 Å². The Morgan fingerprint density at radius 1 is 1.23 bits per heavy atom. The summed E-state index contributed by atoms with van der Waals surface area (Å²) in [6.07, 6.45) is 1.65. The maximum atomic E-state index is 12.7. The first-order valence-electron chi connectivity index (χ1n) is 7.45. The fourth-order valence-electron chi connectivity index (χ4n) is 2.83. The molecule has 0 N–H and O–H groups in total. The SMILES string of the molecule is Cc1cc(C)n(CC(C)n2cnc3c(C)cccc3c2=O)n1. The van der Waals surface area contributed by atoms with Crippen LogP contribution in [-0.2, 0) is 6.54 Å². The highest BCUT2D eigenvalue weighted by Gasteiger charge is 2.13. The Kier molecular flexibility index (Phi) is 3.56. The van der Waals surface area contributed by atoms with E-state index >= 15 is 0 Å². The van der Waals surface area contributed by atoms with E-state index < -0.39 is 0 Å². The van der Waals surface area contributed by atoms with Crippen LogP contribution in [0, 0.1) is 20.8 Å². The van der Waals surface area contributed by atoms with E-state index in [1.54, 1.807) is 10.9 Å². The third kappa shape index (κ3) is 2.43. The summed E-state index contributed by atoms with van der Waals surface area (Å²) in [4.78, 5) is 17.2. The first-order valence-corrected chi connectivity index (χ1v) is 7.45. The Morgan fingerprint density at radius 2 is 2.00 bits per heavy atom. The third-order valence-electron chi connectivity index (χ3n) is 4.03. The van der Waals surface area contributed by atoms with E-state index in [1.807, 2.05) is 56.6 Å². The van der Waals surface area contributed by atoms with Crippen molar-refractivity contribution in [3.8, 4) is 0 Å². The monoisotopic (exact) mass is 296 g/mol. The van der Waals surface area contributed by atoms with Crippen LogP contribution in [0.3, 0.4) is 0 Å². The maximum absolute atomic E-state index is 12.7. The van der Waals surface area contributed by atoms with Gasteiger partial charge in [0.1, 0.15) is 0 Å². The summed E-state index contributed by atoms with van der Waals surface area (Å²) in [5.41, 5.74) is 3.89. The molecule has 0 spiro atoms. The van der Waals surface area contributed by atoms with Crippen molar-refractivity contribution in [3.63, 3.8) is 0 Å². The second-order valence-corrected chi connectivity index (χ2v) is 5.89. The summed E-state index contributed by atoms with van der Waals surface area (Å²) >= 11 is 0. The average Bonchev–Trinajstić information content (AvgIpc) is 2.78. The topological polar surface area (TPSA) is 52.7 Å². The van der Waals surface area contributed by atoms with Crippen molar-refractivity contribution in [2.75, 3.05) is 0 Å². The van der Waals surface area contributed by atoms with Gasteiger partial charge in [-0.25, -0.2) is 4.98 Å². The van der Waals surface area contributed by atoms with Gasteiger partial charge < -0.3 is 0 Å². The lowest BCUT2D eigenvalue weighted by Gasteiger charge is -2.16. The number of nitrogens with zero attached hydrogens (tertiary/aromatic N) is 4. The van der Waals surface area contributed by atoms with Crippen LogP contribution in [-0.4, -0.2) is 19.3 Å². The summed E-state index contributed by atoms with van der Waals surface area (Å²) in [7, 11) is 0. The van der Waals surface area contributed by atoms with Crippen LogP contribution in [0.2, 0.25) is 0 Å². The predicted octanol–water partition coefficient (Wildman–Crippen LogP) is 2.78. The van der Waals surface area contributed by atoms with Crippen LogP contribution in [0.5, 0.6) is 0 Å². The van der Waals surface area contributed by atoms with E-state index in [0.29, 0.717) is 11.9 Å². The molecule has 0 bridgehead atoms. The summed E-state index contributed by atoms with van der Waals surface area (Å²) in [6.45, 7) is 8.64. The largest absolute Gasteiger partial charge is 0.294 e. The minimum atomic E-state index is -0.0112. The minimum absolute atomic E-state index is 0.00253. The molecule has 5 heteroatoms. The van der Waals surface area contributed by atoms with Crippen molar-refractivity contribution < 1.29 is 0 Å². The summed E-state index contributed by atoms with van der Waals surface area (Å²) in [5, 5.41) is 5.13. The zero-order valence-electron chi connectivity index (χ0n) is 13.4. The molecule has 1 unspecified atom stereocenters. The van der Waals surface area contributed by atoms with Gasteiger partial charge in [-0.1, -0.05) is 12.1 Å². The first-order chi connectivity index (χ1) is 10.5. The molecule has 0 radical (unpaired) electrons. The fourth-order valence-corrected chi connectivity index (χ4v) is 2.83. The molecule has 2 aromatic heterocycles. The molecule has 0 aliphatic rings. The smallest absolute Gasteiger partial charge is 0.261 e. The van der Waals surface area contributed by atoms with E-state index in [-0.39, 0.29) is 11.6 Å². The molecular formula is C17H20N4O. The van der Waals surface area contributed by atoms with E-state index in [1.165, 1.54) is 0 Å². The van der Waals surface area contributed by atoms with Gasteiger partial charge >= 0.3 is 0 Å². The van der Waals surface area contributed by atoms with Crippen LogP contribution in [0.4, 0.5) is 0 Å². The minimum Gasteiger partial charge on any atom is -0.294 e.